The molecule has 3 rings (SSSR count). The standard InChI is InChI=1S/C25H22FN3O3S/c1-4-32-25(31)22-21(17-7-9-19(26)10-8-17)15-33-24(22)28-23(30)18(14-27)13-16-5-11-20(12-6-16)29(2)3/h5-13,15H,4H2,1-3H3,(H,28,30). The lowest BCUT2D eigenvalue weighted by Crippen LogP contribution is -2.16. The van der Waals surface area contributed by atoms with Crippen molar-refractivity contribution in [1.29, 1.82) is 5.26 Å². The topological polar surface area (TPSA) is 82.4 Å². The highest BCUT2D eigenvalue weighted by Gasteiger charge is 2.23. The molecule has 0 saturated heterocycles. The first kappa shape index (κ1) is 23.7. The van der Waals surface area contributed by atoms with Crippen molar-refractivity contribution in [1.82, 2.24) is 0 Å². The van der Waals surface area contributed by atoms with E-state index in [-0.39, 0.29) is 22.7 Å². The number of thiophene rings is 1. The number of carbonyl (C=O) groups excluding carboxylic acids is 2. The number of ether oxygens (including phenoxy) is 1. The third-order valence-corrected chi connectivity index (χ3v) is 5.63. The minimum absolute atomic E-state index is 0.112. The van der Waals surface area contributed by atoms with E-state index in [0.29, 0.717) is 16.7 Å². The van der Waals surface area contributed by atoms with E-state index in [9.17, 15) is 19.2 Å². The number of nitrogens with one attached hydrogen (secondary N) is 1. The Kier molecular flexibility index (Phi) is 7.59. The van der Waals surface area contributed by atoms with Crippen LogP contribution in [0.5, 0.6) is 0 Å². The van der Waals surface area contributed by atoms with Crippen molar-refractivity contribution < 1.29 is 18.7 Å². The van der Waals surface area contributed by atoms with Gasteiger partial charge < -0.3 is 15.0 Å². The van der Waals surface area contributed by atoms with Crippen LogP contribution in [0.3, 0.4) is 0 Å². The zero-order valence-electron chi connectivity index (χ0n) is 18.4. The Morgan fingerprint density at radius 2 is 1.82 bits per heavy atom. The van der Waals surface area contributed by atoms with E-state index < -0.39 is 17.7 Å². The zero-order valence-corrected chi connectivity index (χ0v) is 19.2. The van der Waals surface area contributed by atoms with E-state index in [1.165, 1.54) is 18.2 Å². The van der Waals surface area contributed by atoms with Crippen LogP contribution < -0.4 is 10.2 Å². The lowest BCUT2D eigenvalue weighted by atomic mass is 10.0. The van der Waals surface area contributed by atoms with Crippen LogP contribution in [0.2, 0.25) is 0 Å². The monoisotopic (exact) mass is 463 g/mol. The van der Waals surface area contributed by atoms with Gasteiger partial charge in [-0.3, -0.25) is 4.79 Å². The zero-order chi connectivity index (χ0) is 24.0. The maximum Gasteiger partial charge on any atom is 0.341 e. The molecule has 0 saturated carbocycles. The molecule has 0 aliphatic carbocycles. The number of halogens is 1. The van der Waals surface area contributed by atoms with Crippen LogP contribution in [0.15, 0.2) is 59.5 Å². The highest BCUT2D eigenvalue weighted by molar-refractivity contribution is 7.15. The molecule has 0 unspecified atom stereocenters. The number of anilines is 2. The minimum atomic E-state index is -0.646. The Morgan fingerprint density at radius 1 is 1.15 bits per heavy atom. The SMILES string of the molecule is CCOC(=O)c1c(-c2ccc(F)cc2)csc1NC(=O)C(C#N)=Cc1ccc(N(C)C)cc1. The summed E-state index contributed by atoms with van der Waals surface area (Å²) in [4.78, 5) is 27.4. The molecule has 0 atom stereocenters. The third kappa shape index (κ3) is 5.64. The first-order chi connectivity index (χ1) is 15.8. The predicted molar refractivity (Wildman–Crippen MR) is 129 cm³/mol. The summed E-state index contributed by atoms with van der Waals surface area (Å²) in [5.41, 5.74) is 2.84. The number of nitriles is 1. The first-order valence-corrected chi connectivity index (χ1v) is 11.0. The number of esters is 1. The van der Waals surface area contributed by atoms with Crippen molar-refractivity contribution >= 4 is 40.0 Å². The number of hydrogen-bond acceptors (Lipinski definition) is 6. The smallest absolute Gasteiger partial charge is 0.341 e. The van der Waals surface area contributed by atoms with Crippen LogP contribution in [0.4, 0.5) is 15.1 Å². The number of hydrogen-bond donors (Lipinski definition) is 1. The molecule has 6 nitrogen and oxygen atoms in total. The van der Waals surface area contributed by atoms with E-state index in [4.69, 9.17) is 4.74 Å². The van der Waals surface area contributed by atoms with Gasteiger partial charge in [-0.05, 0) is 48.4 Å². The van der Waals surface area contributed by atoms with Crippen LogP contribution >= 0.6 is 11.3 Å². The second-order valence-corrected chi connectivity index (χ2v) is 8.07. The van der Waals surface area contributed by atoms with Gasteiger partial charge in [0.1, 0.15) is 28.0 Å². The molecule has 0 spiro atoms. The summed E-state index contributed by atoms with van der Waals surface area (Å²) in [5.74, 6) is -1.66. The molecule has 1 aromatic heterocycles. The van der Waals surface area contributed by atoms with Gasteiger partial charge >= 0.3 is 5.97 Å². The number of benzene rings is 2. The molecular weight excluding hydrogens is 441 g/mol. The molecule has 0 fully saturated rings. The average molecular weight is 464 g/mol. The van der Waals surface area contributed by atoms with Crippen LogP contribution in [0.1, 0.15) is 22.8 Å². The number of carbonyl (C=O) groups is 2. The number of nitrogens with zero attached hydrogens (tertiary/aromatic N) is 2. The fourth-order valence-corrected chi connectivity index (χ4v) is 4.00. The molecule has 1 N–H and O–H groups in total. The maximum absolute atomic E-state index is 13.3. The fourth-order valence-electron chi connectivity index (χ4n) is 3.05. The van der Waals surface area contributed by atoms with E-state index >= 15 is 0 Å². The molecule has 0 bridgehead atoms. The molecule has 0 radical (unpaired) electrons. The molecule has 168 valence electrons. The summed E-state index contributed by atoms with van der Waals surface area (Å²) in [7, 11) is 3.84. The summed E-state index contributed by atoms with van der Waals surface area (Å²) >= 11 is 1.13. The summed E-state index contributed by atoms with van der Waals surface area (Å²) in [6.45, 7) is 1.83. The molecule has 2 aromatic carbocycles. The first-order valence-electron chi connectivity index (χ1n) is 10.1. The Hall–Kier alpha value is -3.96. The molecule has 33 heavy (non-hydrogen) atoms. The summed E-state index contributed by atoms with van der Waals surface area (Å²) in [5, 5.41) is 14.1. The van der Waals surface area contributed by atoms with Crippen LogP contribution in [-0.2, 0) is 9.53 Å². The molecule has 8 heteroatoms. The average Bonchev–Trinajstić information content (AvgIpc) is 3.21. The second kappa shape index (κ2) is 10.6. The van der Waals surface area contributed by atoms with Gasteiger partial charge in [-0.1, -0.05) is 24.3 Å². The normalized spacial score (nSPS) is 10.9. The Morgan fingerprint density at radius 3 is 2.39 bits per heavy atom. The number of amides is 1. The van der Waals surface area contributed by atoms with E-state index in [2.05, 4.69) is 5.32 Å². The Bertz CT molecular complexity index is 1220. The lowest BCUT2D eigenvalue weighted by Gasteiger charge is -2.12. The van der Waals surface area contributed by atoms with Gasteiger partial charge in [0, 0.05) is 30.7 Å². The van der Waals surface area contributed by atoms with Crippen LogP contribution in [-0.4, -0.2) is 32.6 Å². The van der Waals surface area contributed by atoms with Crippen molar-refractivity contribution in [2.45, 2.75) is 6.92 Å². The predicted octanol–water partition coefficient (Wildman–Crippen LogP) is 5.34. The van der Waals surface area contributed by atoms with Gasteiger partial charge in [-0.15, -0.1) is 11.3 Å². The van der Waals surface area contributed by atoms with Crippen molar-refractivity contribution in [3.8, 4) is 17.2 Å². The molecule has 0 aliphatic heterocycles. The van der Waals surface area contributed by atoms with Gasteiger partial charge in [0.2, 0.25) is 0 Å². The van der Waals surface area contributed by atoms with Crippen LogP contribution in [0.25, 0.3) is 17.2 Å². The van der Waals surface area contributed by atoms with Crippen molar-refractivity contribution in [3.63, 3.8) is 0 Å². The van der Waals surface area contributed by atoms with Gasteiger partial charge in [-0.25, -0.2) is 9.18 Å². The van der Waals surface area contributed by atoms with Gasteiger partial charge in [0.25, 0.3) is 5.91 Å². The van der Waals surface area contributed by atoms with E-state index in [1.54, 1.807) is 24.4 Å². The van der Waals surface area contributed by atoms with Crippen LogP contribution in [0, 0.1) is 17.1 Å². The molecule has 1 heterocycles. The lowest BCUT2D eigenvalue weighted by molar-refractivity contribution is -0.112. The summed E-state index contributed by atoms with van der Waals surface area (Å²) in [6.07, 6.45) is 1.48. The van der Waals surface area contributed by atoms with Crippen molar-refractivity contribution in [3.05, 3.63) is 76.4 Å². The van der Waals surface area contributed by atoms with E-state index in [0.717, 1.165) is 17.0 Å². The van der Waals surface area contributed by atoms with Crippen molar-refractivity contribution in [2.24, 2.45) is 0 Å². The fraction of sp³-hybridized carbons (Fsp3) is 0.160. The molecule has 1 amide bonds. The quantitative estimate of drug-likeness (QED) is 0.290. The largest absolute Gasteiger partial charge is 0.462 e. The second-order valence-electron chi connectivity index (χ2n) is 7.19. The molecule has 3 aromatic rings. The van der Waals surface area contributed by atoms with Crippen molar-refractivity contribution in [2.75, 3.05) is 30.9 Å². The van der Waals surface area contributed by atoms with Gasteiger partial charge in [-0.2, -0.15) is 5.26 Å². The third-order valence-electron chi connectivity index (χ3n) is 4.74. The maximum atomic E-state index is 13.3. The number of rotatable bonds is 7. The summed E-state index contributed by atoms with van der Waals surface area (Å²) < 4.78 is 18.5. The molecular formula is C25H22FN3O3S. The Balaban J connectivity index is 1.92. The Labute approximate surface area is 195 Å². The van der Waals surface area contributed by atoms with Gasteiger partial charge in [0.15, 0.2) is 0 Å². The van der Waals surface area contributed by atoms with E-state index in [1.807, 2.05) is 49.3 Å². The molecule has 0 aliphatic rings. The summed E-state index contributed by atoms with van der Waals surface area (Å²) in [6, 6.07) is 15.0. The highest BCUT2D eigenvalue weighted by Crippen LogP contribution is 2.36. The minimum Gasteiger partial charge on any atom is -0.462 e. The highest BCUT2D eigenvalue weighted by atomic mass is 32.1. The van der Waals surface area contributed by atoms with Gasteiger partial charge in [0.05, 0.1) is 6.61 Å².